The summed E-state index contributed by atoms with van der Waals surface area (Å²) in [6.07, 6.45) is 3.14. The zero-order chi connectivity index (χ0) is 26.8. The zero-order valence-corrected chi connectivity index (χ0v) is 23.5. The Balaban J connectivity index is 1.55. The molecule has 9 nitrogen and oxygen atoms in total. The molecule has 0 bridgehead atoms. The molecule has 5 rings (SSSR count). The molecule has 5 heterocycles. The van der Waals surface area contributed by atoms with Gasteiger partial charge in [0.2, 0.25) is 5.78 Å². The van der Waals surface area contributed by atoms with Gasteiger partial charge in [0.15, 0.2) is 5.01 Å². The van der Waals surface area contributed by atoms with Gasteiger partial charge in [-0.1, -0.05) is 17.7 Å². The van der Waals surface area contributed by atoms with Gasteiger partial charge >= 0.3 is 0 Å². The summed E-state index contributed by atoms with van der Waals surface area (Å²) >= 11 is 10.1. The predicted octanol–water partition coefficient (Wildman–Crippen LogP) is 5.19. The van der Waals surface area contributed by atoms with Gasteiger partial charge in [0, 0.05) is 48.4 Å². The molecule has 38 heavy (non-hydrogen) atoms. The lowest BCUT2D eigenvalue weighted by Crippen LogP contribution is -2.29. The fourth-order valence-electron chi connectivity index (χ4n) is 3.71. The summed E-state index contributed by atoms with van der Waals surface area (Å²) in [5, 5.41) is 11.8. The van der Waals surface area contributed by atoms with Crippen molar-refractivity contribution in [2.45, 2.75) is 13.1 Å². The predicted molar refractivity (Wildman–Crippen MR) is 153 cm³/mol. The first kappa shape index (κ1) is 26.0. The van der Waals surface area contributed by atoms with E-state index in [1.807, 2.05) is 23.6 Å². The Morgan fingerprint density at radius 2 is 1.97 bits per heavy atom. The number of hydrogen-bond donors (Lipinski definition) is 1. The second kappa shape index (κ2) is 11.0. The van der Waals surface area contributed by atoms with Crippen LogP contribution in [0, 0.1) is 0 Å². The minimum absolute atomic E-state index is 0.167. The van der Waals surface area contributed by atoms with E-state index in [1.54, 1.807) is 55.0 Å². The number of halogens is 1. The van der Waals surface area contributed by atoms with Gasteiger partial charge in [0.1, 0.15) is 11.5 Å². The number of carbonyl (C=O) groups excluding carboxylic acids is 2. The fourth-order valence-corrected chi connectivity index (χ4v) is 5.96. The summed E-state index contributed by atoms with van der Waals surface area (Å²) < 4.78 is 3.35. The molecule has 0 radical (unpaired) electrons. The maximum atomic E-state index is 13.3. The topological polar surface area (TPSA) is 102 Å². The monoisotopic (exact) mass is 584 g/mol. The second-order valence-corrected chi connectivity index (χ2v) is 12.0. The first-order chi connectivity index (χ1) is 18.3. The Morgan fingerprint density at radius 1 is 1.13 bits per heavy atom. The highest BCUT2D eigenvalue weighted by molar-refractivity contribution is 7.16. The van der Waals surface area contributed by atoms with Gasteiger partial charge in [-0.2, -0.15) is 9.78 Å². The third-order valence-corrected chi connectivity index (χ3v) is 8.44. The van der Waals surface area contributed by atoms with Crippen molar-refractivity contribution in [2.75, 3.05) is 24.3 Å². The van der Waals surface area contributed by atoms with Crippen LogP contribution in [0.5, 0.6) is 0 Å². The van der Waals surface area contributed by atoms with Crippen LogP contribution in [0.4, 0.5) is 11.5 Å². The number of ketones is 1. The highest BCUT2D eigenvalue weighted by Crippen LogP contribution is 2.27. The Hall–Kier alpha value is -3.58. The molecule has 0 amide bonds. The van der Waals surface area contributed by atoms with Gasteiger partial charge in [-0.3, -0.25) is 14.4 Å². The SMILES string of the molecule is CN(C)c1cc(-c2cc(NCc3ccc(Cl)s3)n(C(=O)c3cccs3)n2)cn(CC(=O)c2nccs2)c1=O. The van der Waals surface area contributed by atoms with Crippen LogP contribution in [0.3, 0.4) is 0 Å². The standard InChI is InChI=1S/C25H21ClN6O3S3/c1-30(2)18-10-15(13-31(24(18)34)14-19(33)23-27-7-9-37-23)17-11-22(28-12-16-5-6-21(26)38-16)32(29-17)25(35)20-4-3-8-36-20/h3-11,13,28H,12,14H2,1-2H3. The lowest BCUT2D eigenvalue weighted by atomic mass is 10.2. The van der Waals surface area contributed by atoms with Crippen molar-refractivity contribution in [3.05, 3.63) is 89.0 Å². The third-order valence-electron chi connectivity index (χ3n) is 5.54. The molecule has 0 aliphatic rings. The van der Waals surface area contributed by atoms with E-state index in [2.05, 4.69) is 15.4 Å². The van der Waals surface area contributed by atoms with Gasteiger partial charge < -0.3 is 14.8 Å². The normalized spacial score (nSPS) is 11.0. The molecular formula is C25H21ClN6O3S3. The summed E-state index contributed by atoms with van der Waals surface area (Å²) in [7, 11) is 3.51. The molecule has 0 spiro atoms. The Labute approximate surface area is 234 Å². The number of anilines is 2. The molecule has 13 heteroatoms. The highest BCUT2D eigenvalue weighted by Gasteiger charge is 2.21. The van der Waals surface area contributed by atoms with Crippen molar-refractivity contribution >= 4 is 68.8 Å². The number of thiazole rings is 1. The molecule has 0 saturated heterocycles. The molecule has 0 aliphatic heterocycles. The van der Waals surface area contributed by atoms with E-state index < -0.39 is 0 Å². The van der Waals surface area contributed by atoms with Crippen molar-refractivity contribution in [1.82, 2.24) is 19.3 Å². The van der Waals surface area contributed by atoms with E-state index >= 15 is 0 Å². The van der Waals surface area contributed by atoms with Crippen LogP contribution in [-0.2, 0) is 13.1 Å². The lowest BCUT2D eigenvalue weighted by Gasteiger charge is -2.15. The number of hydrogen-bond acceptors (Lipinski definition) is 10. The maximum absolute atomic E-state index is 13.3. The molecule has 5 aromatic rings. The third kappa shape index (κ3) is 5.48. The Kier molecular flexibility index (Phi) is 7.56. The Bertz CT molecular complexity index is 1650. The molecule has 0 unspecified atom stereocenters. The minimum Gasteiger partial charge on any atom is -0.373 e. The largest absolute Gasteiger partial charge is 0.373 e. The molecule has 0 fully saturated rings. The lowest BCUT2D eigenvalue weighted by molar-refractivity contribution is 0.0949. The minimum atomic E-state index is -0.314. The zero-order valence-electron chi connectivity index (χ0n) is 20.3. The summed E-state index contributed by atoms with van der Waals surface area (Å²) in [5.41, 5.74) is 1.13. The molecule has 0 aromatic carbocycles. The molecule has 5 aromatic heterocycles. The summed E-state index contributed by atoms with van der Waals surface area (Å²) in [5.74, 6) is -0.0525. The molecule has 1 N–H and O–H groups in total. The van der Waals surface area contributed by atoms with E-state index in [9.17, 15) is 14.4 Å². The van der Waals surface area contributed by atoms with Gasteiger partial charge in [-0.25, -0.2) is 4.98 Å². The number of thiophene rings is 2. The summed E-state index contributed by atoms with van der Waals surface area (Å²) in [6.45, 7) is 0.283. The second-order valence-electron chi connectivity index (χ2n) is 8.37. The van der Waals surface area contributed by atoms with Gasteiger partial charge in [0.05, 0.1) is 28.0 Å². The van der Waals surface area contributed by atoms with Crippen LogP contribution < -0.4 is 15.8 Å². The van der Waals surface area contributed by atoms with Gasteiger partial charge in [-0.15, -0.1) is 34.0 Å². The van der Waals surface area contributed by atoms with Crippen molar-refractivity contribution in [1.29, 1.82) is 0 Å². The summed E-state index contributed by atoms with van der Waals surface area (Å²) in [4.78, 5) is 46.5. The molecule has 194 valence electrons. The molecular weight excluding hydrogens is 564 g/mol. The van der Waals surface area contributed by atoms with Crippen LogP contribution in [0.1, 0.15) is 24.4 Å². The van der Waals surface area contributed by atoms with Gasteiger partial charge in [0.25, 0.3) is 11.5 Å². The number of carbonyl (C=O) groups is 2. The van der Waals surface area contributed by atoms with Crippen LogP contribution in [0.15, 0.2) is 64.3 Å². The maximum Gasteiger partial charge on any atom is 0.290 e. The fraction of sp³-hybridized carbons (Fsp3) is 0.160. The van der Waals surface area contributed by atoms with E-state index in [0.29, 0.717) is 43.5 Å². The average molecular weight is 585 g/mol. The van der Waals surface area contributed by atoms with Crippen LogP contribution in [-0.4, -0.2) is 45.1 Å². The van der Waals surface area contributed by atoms with Crippen molar-refractivity contribution in [3.63, 3.8) is 0 Å². The number of aromatic nitrogens is 4. The first-order valence-electron chi connectivity index (χ1n) is 11.3. The quantitative estimate of drug-likeness (QED) is 0.238. The average Bonchev–Trinajstić information content (AvgIpc) is 3.71. The van der Waals surface area contributed by atoms with Crippen molar-refractivity contribution in [3.8, 4) is 11.3 Å². The van der Waals surface area contributed by atoms with Crippen molar-refractivity contribution in [2.24, 2.45) is 0 Å². The Morgan fingerprint density at radius 3 is 2.63 bits per heavy atom. The highest BCUT2D eigenvalue weighted by atomic mass is 35.5. The molecule has 0 aliphatic carbocycles. The number of nitrogens with zero attached hydrogens (tertiary/aromatic N) is 5. The van der Waals surface area contributed by atoms with Gasteiger partial charge in [-0.05, 0) is 29.6 Å². The number of Topliss-reactive ketones (excluding diaryl/α,β-unsaturated/α-hetero) is 1. The number of rotatable bonds is 9. The van der Waals surface area contributed by atoms with E-state index in [-0.39, 0.29) is 23.8 Å². The van der Waals surface area contributed by atoms with Crippen LogP contribution in [0.2, 0.25) is 4.34 Å². The number of nitrogens with one attached hydrogen (secondary N) is 1. The first-order valence-corrected chi connectivity index (χ1v) is 14.3. The van der Waals surface area contributed by atoms with E-state index in [0.717, 1.165) is 4.88 Å². The summed E-state index contributed by atoms with van der Waals surface area (Å²) in [6, 6.07) is 10.8. The van der Waals surface area contributed by atoms with E-state index in [4.69, 9.17) is 11.6 Å². The van der Waals surface area contributed by atoms with E-state index in [1.165, 1.54) is 43.3 Å². The number of pyridine rings is 1. The van der Waals surface area contributed by atoms with Crippen LogP contribution >= 0.6 is 45.6 Å². The molecule has 0 saturated carbocycles. The molecule has 0 atom stereocenters. The smallest absolute Gasteiger partial charge is 0.290 e. The van der Waals surface area contributed by atoms with Crippen molar-refractivity contribution < 1.29 is 9.59 Å². The van der Waals surface area contributed by atoms with Crippen LogP contribution in [0.25, 0.3) is 11.3 Å².